The Kier molecular flexibility index (Phi) is 6.66. The molecule has 0 fully saturated rings. The topological polar surface area (TPSA) is 92.6 Å². The number of aromatic nitrogens is 1. The molecule has 178 valence electrons. The van der Waals surface area contributed by atoms with Crippen LogP contribution >= 0.6 is 23.2 Å². The van der Waals surface area contributed by atoms with Crippen molar-refractivity contribution in [2.45, 2.75) is 0 Å². The van der Waals surface area contributed by atoms with Crippen molar-refractivity contribution in [3.8, 4) is 23.0 Å². The maximum Gasteiger partial charge on any atom is 0.227 e. The zero-order valence-corrected chi connectivity index (χ0v) is 20.4. The highest BCUT2D eigenvalue weighted by molar-refractivity contribution is 6.31. The van der Waals surface area contributed by atoms with Crippen molar-refractivity contribution in [3.05, 3.63) is 94.5 Å². The van der Waals surface area contributed by atoms with Crippen LogP contribution in [0.2, 0.25) is 10.0 Å². The third-order valence-corrected chi connectivity index (χ3v) is 5.70. The molecule has 0 atom stereocenters. The van der Waals surface area contributed by atoms with E-state index in [1.165, 1.54) is 13.3 Å². The quantitative estimate of drug-likeness (QED) is 0.180. The number of oxazole rings is 1. The first-order valence-electron chi connectivity index (χ1n) is 10.8. The van der Waals surface area contributed by atoms with E-state index in [4.69, 9.17) is 32.4 Å². The van der Waals surface area contributed by atoms with Crippen LogP contribution in [0.25, 0.3) is 22.6 Å². The average Bonchev–Trinajstić information content (AvgIpc) is 3.31. The molecule has 9 heteroatoms. The molecule has 5 rings (SSSR count). The van der Waals surface area contributed by atoms with Gasteiger partial charge in [-0.3, -0.25) is 4.99 Å². The summed E-state index contributed by atoms with van der Waals surface area (Å²) in [4.78, 5) is 9.05. The van der Waals surface area contributed by atoms with Gasteiger partial charge in [0.1, 0.15) is 5.52 Å². The molecule has 0 aliphatic rings. The van der Waals surface area contributed by atoms with Crippen molar-refractivity contribution in [1.82, 2.24) is 4.98 Å². The predicted octanol–water partition coefficient (Wildman–Crippen LogP) is 8.68. The number of methoxy groups -OCH3 is 1. The molecule has 5 aromatic rings. The summed E-state index contributed by atoms with van der Waals surface area (Å²) in [6.07, 6.45) is 1.53. The van der Waals surface area contributed by atoms with Gasteiger partial charge in [0.05, 0.1) is 24.2 Å². The second kappa shape index (κ2) is 10.2. The fourth-order valence-electron chi connectivity index (χ4n) is 3.44. The van der Waals surface area contributed by atoms with Crippen LogP contribution in [0.15, 0.2) is 98.5 Å². The van der Waals surface area contributed by atoms with E-state index in [1.54, 1.807) is 66.7 Å². The number of aliphatic imine (C=N–C) groups is 1. The highest BCUT2D eigenvalue weighted by atomic mass is 35.5. The van der Waals surface area contributed by atoms with E-state index >= 15 is 0 Å². The van der Waals surface area contributed by atoms with Crippen LogP contribution in [0.4, 0.5) is 17.1 Å². The van der Waals surface area contributed by atoms with Crippen molar-refractivity contribution in [3.63, 3.8) is 0 Å². The highest BCUT2D eigenvalue weighted by Crippen LogP contribution is 2.35. The van der Waals surface area contributed by atoms with Gasteiger partial charge in [-0.1, -0.05) is 29.3 Å². The number of halogens is 2. The van der Waals surface area contributed by atoms with Crippen molar-refractivity contribution in [2.75, 3.05) is 7.11 Å². The van der Waals surface area contributed by atoms with E-state index in [0.29, 0.717) is 49.7 Å². The largest absolute Gasteiger partial charge is 0.504 e. The Bertz CT molecular complexity index is 1610. The maximum atomic E-state index is 10.6. The molecule has 0 bridgehead atoms. The van der Waals surface area contributed by atoms with Gasteiger partial charge in [-0.2, -0.15) is 10.2 Å². The van der Waals surface area contributed by atoms with E-state index in [-0.39, 0.29) is 11.5 Å². The first-order chi connectivity index (χ1) is 17.5. The van der Waals surface area contributed by atoms with E-state index in [0.717, 1.165) is 5.56 Å². The van der Waals surface area contributed by atoms with Gasteiger partial charge in [-0.25, -0.2) is 4.98 Å². The lowest BCUT2D eigenvalue weighted by Gasteiger charge is -2.07. The third-order valence-electron chi connectivity index (χ3n) is 5.21. The normalized spacial score (nSPS) is 11.6. The van der Waals surface area contributed by atoms with E-state index in [2.05, 4.69) is 20.2 Å². The fraction of sp³-hybridized carbons (Fsp3) is 0.0370. The van der Waals surface area contributed by atoms with Gasteiger partial charge in [0.15, 0.2) is 17.1 Å². The van der Waals surface area contributed by atoms with Gasteiger partial charge in [-0.15, -0.1) is 0 Å². The maximum absolute atomic E-state index is 10.6. The van der Waals surface area contributed by atoms with E-state index in [1.807, 2.05) is 12.1 Å². The lowest BCUT2D eigenvalue weighted by Crippen LogP contribution is -1.89. The molecule has 0 unspecified atom stereocenters. The minimum atomic E-state index is -0.0597. The van der Waals surface area contributed by atoms with Crippen molar-refractivity contribution in [1.29, 1.82) is 0 Å². The molecule has 0 aliphatic heterocycles. The Balaban J connectivity index is 1.43. The van der Waals surface area contributed by atoms with Crippen LogP contribution in [-0.4, -0.2) is 23.4 Å². The number of ether oxygens (including phenoxy) is 1. The molecule has 36 heavy (non-hydrogen) atoms. The Labute approximate surface area is 216 Å². The first kappa shape index (κ1) is 23.5. The molecule has 1 heterocycles. The molecule has 0 spiro atoms. The summed E-state index contributed by atoms with van der Waals surface area (Å²) in [6, 6.07) is 22.9. The van der Waals surface area contributed by atoms with Gasteiger partial charge >= 0.3 is 0 Å². The van der Waals surface area contributed by atoms with Gasteiger partial charge in [0, 0.05) is 33.5 Å². The number of benzene rings is 4. The monoisotopic (exact) mass is 516 g/mol. The van der Waals surface area contributed by atoms with Crippen LogP contribution < -0.4 is 4.74 Å². The number of phenolic OH excluding ortho intramolecular Hbond substituents is 1. The summed E-state index contributed by atoms with van der Waals surface area (Å²) in [5.74, 6) is 0.678. The second-order valence-electron chi connectivity index (χ2n) is 7.70. The van der Waals surface area contributed by atoms with Crippen molar-refractivity contribution in [2.24, 2.45) is 15.2 Å². The van der Waals surface area contributed by atoms with Crippen molar-refractivity contribution < 1.29 is 14.3 Å². The molecular weight excluding hydrogens is 499 g/mol. The molecule has 1 N–H and O–H groups in total. The zero-order chi connectivity index (χ0) is 25.1. The average molecular weight is 517 g/mol. The van der Waals surface area contributed by atoms with Crippen molar-refractivity contribution >= 4 is 57.6 Å². The number of fused-ring (bicyclic) bond motifs is 1. The van der Waals surface area contributed by atoms with Crippen LogP contribution in [0.5, 0.6) is 11.5 Å². The fourth-order valence-corrected chi connectivity index (χ4v) is 3.75. The molecule has 1 aromatic heterocycles. The molecule has 0 aliphatic carbocycles. The molecule has 0 amide bonds. The number of aromatic hydroxyl groups is 1. The SMILES string of the molecule is COc1cc(N=Nc2cccc(Cl)c2)cc(C=Nc2ccc3oc(-c4ccc(Cl)cc4)nc3c2)c1O. The number of hydrogen-bond acceptors (Lipinski definition) is 7. The summed E-state index contributed by atoms with van der Waals surface area (Å²) in [5.41, 5.74) is 4.22. The third kappa shape index (κ3) is 5.22. The van der Waals surface area contributed by atoms with E-state index < -0.39 is 0 Å². The van der Waals surface area contributed by atoms with Gasteiger partial charge in [0.25, 0.3) is 0 Å². The molecule has 4 aromatic carbocycles. The molecule has 0 saturated heterocycles. The van der Waals surface area contributed by atoms with Crippen LogP contribution in [0.3, 0.4) is 0 Å². The predicted molar refractivity (Wildman–Crippen MR) is 142 cm³/mol. The smallest absolute Gasteiger partial charge is 0.227 e. The Morgan fingerprint density at radius 3 is 2.44 bits per heavy atom. The molecule has 0 radical (unpaired) electrons. The first-order valence-corrected chi connectivity index (χ1v) is 11.5. The van der Waals surface area contributed by atoms with Gasteiger partial charge in [0.2, 0.25) is 5.89 Å². The summed E-state index contributed by atoms with van der Waals surface area (Å²) < 4.78 is 11.1. The number of nitrogens with zero attached hydrogens (tertiary/aromatic N) is 4. The molecule has 7 nitrogen and oxygen atoms in total. The Hall–Kier alpha value is -4.20. The highest BCUT2D eigenvalue weighted by Gasteiger charge is 2.11. The van der Waals surface area contributed by atoms with Crippen LogP contribution in [-0.2, 0) is 0 Å². The van der Waals surface area contributed by atoms with Crippen LogP contribution in [0, 0.1) is 0 Å². The molecule has 0 saturated carbocycles. The lowest BCUT2D eigenvalue weighted by atomic mass is 10.1. The number of azo groups is 1. The minimum absolute atomic E-state index is 0.0597. The Morgan fingerprint density at radius 1 is 0.861 bits per heavy atom. The number of phenols is 1. The zero-order valence-electron chi connectivity index (χ0n) is 18.9. The Morgan fingerprint density at radius 2 is 1.67 bits per heavy atom. The minimum Gasteiger partial charge on any atom is -0.504 e. The van der Waals surface area contributed by atoms with Crippen LogP contribution in [0.1, 0.15) is 5.56 Å². The van der Waals surface area contributed by atoms with Gasteiger partial charge < -0.3 is 14.3 Å². The summed E-state index contributed by atoms with van der Waals surface area (Å²) in [6.45, 7) is 0. The summed E-state index contributed by atoms with van der Waals surface area (Å²) >= 11 is 12.0. The van der Waals surface area contributed by atoms with Gasteiger partial charge in [-0.05, 0) is 66.7 Å². The number of hydrogen-bond donors (Lipinski definition) is 1. The second-order valence-corrected chi connectivity index (χ2v) is 8.57. The standard InChI is InChI=1S/C27H18Cl2N4O3/c1-35-25-14-22(33-32-21-4-2-3-19(29)12-21)11-17(26(25)34)15-30-20-9-10-24-23(13-20)31-27(36-24)16-5-7-18(28)8-6-16/h2-15,34H,1H3. The van der Waals surface area contributed by atoms with E-state index in [9.17, 15) is 5.11 Å². The summed E-state index contributed by atoms with van der Waals surface area (Å²) in [7, 11) is 1.46. The number of rotatable bonds is 6. The lowest BCUT2D eigenvalue weighted by molar-refractivity contribution is 0.373. The molecular formula is C27H18Cl2N4O3. The summed E-state index contributed by atoms with van der Waals surface area (Å²) in [5, 5.41) is 20.2.